The minimum absolute atomic E-state index is 0.0221. The minimum Gasteiger partial charge on any atom is -0.303 e. The molecule has 0 atom stereocenters. The number of nitrogens with one attached hydrogen (secondary N) is 1. The molecule has 21 heavy (non-hydrogen) atoms. The third kappa shape index (κ3) is 5.37. The number of thiazole rings is 1. The zero-order chi connectivity index (χ0) is 16.2. The third-order valence-electron chi connectivity index (χ3n) is 3.60. The topological polar surface area (TPSA) is 24.9 Å². The average molecular weight is 311 g/mol. The fourth-order valence-corrected chi connectivity index (χ4v) is 4.32. The molecule has 0 bridgehead atoms. The van der Waals surface area contributed by atoms with Crippen molar-refractivity contribution in [3.8, 4) is 0 Å². The first-order valence-corrected chi connectivity index (χ1v) is 9.28. The fourth-order valence-electron chi connectivity index (χ4n) is 3.16. The Bertz CT molecular complexity index is 392. The molecular formula is C18H34N2S. The van der Waals surface area contributed by atoms with Crippen molar-refractivity contribution in [2.75, 3.05) is 0 Å². The molecule has 1 aromatic rings. The molecule has 1 heterocycles. The van der Waals surface area contributed by atoms with Crippen LogP contribution >= 0.6 is 11.3 Å². The van der Waals surface area contributed by atoms with Crippen LogP contribution < -0.4 is 5.32 Å². The monoisotopic (exact) mass is 310 g/mol. The minimum atomic E-state index is 0.0221. The first-order chi connectivity index (χ1) is 9.66. The number of rotatable bonds is 8. The molecule has 0 aliphatic rings. The molecule has 0 saturated carbocycles. The lowest BCUT2D eigenvalue weighted by Crippen LogP contribution is -2.48. The van der Waals surface area contributed by atoms with E-state index in [2.05, 4.69) is 66.1 Å². The van der Waals surface area contributed by atoms with Gasteiger partial charge in [-0.2, -0.15) is 0 Å². The molecule has 0 unspecified atom stereocenters. The maximum absolute atomic E-state index is 5.00. The van der Waals surface area contributed by atoms with Gasteiger partial charge in [-0.15, -0.1) is 11.3 Å². The van der Waals surface area contributed by atoms with Crippen molar-refractivity contribution >= 4 is 11.3 Å². The molecule has 0 saturated heterocycles. The summed E-state index contributed by atoms with van der Waals surface area (Å²) in [7, 11) is 0. The van der Waals surface area contributed by atoms with E-state index in [1.54, 1.807) is 0 Å². The van der Waals surface area contributed by atoms with E-state index in [1.807, 2.05) is 11.3 Å². The smallest absolute Gasteiger partial charge is 0.113 e. The lowest BCUT2D eigenvalue weighted by molar-refractivity contribution is 0.207. The van der Waals surface area contributed by atoms with Crippen LogP contribution in [-0.4, -0.2) is 11.0 Å². The van der Waals surface area contributed by atoms with E-state index in [1.165, 1.54) is 10.7 Å². The lowest BCUT2D eigenvalue weighted by atomic mass is 9.81. The highest BCUT2D eigenvalue weighted by molar-refractivity contribution is 7.09. The molecule has 3 heteroatoms. The van der Waals surface area contributed by atoms with Crippen LogP contribution in [0.3, 0.4) is 0 Å². The summed E-state index contributed by atoms with van der Waals surface area (Å²) in [6.07, 6.45) is 2.29. The van der Waals surface area contributed by atoms with Crippen molar-refractivity contribution in [3.63, 3.8) is 0 Å². The standard InChI is InChI=1S/C18H34N2S/c1-12(2)9-18(10-13(3)4,20-15(7)8)17-19-16(11-21-17)14(5)6/h11-15,20H,9-10H2,1-8H3. The van der Waals surface area contributed by atoms with E-state index < -0.39 is 0 Å². The Kier molecular flexibility index (Phi) is 6.86. The van der Waals surface area contributed by atoms with Gasteiger partial charge in [0.15, 0.2) is 0 Å². The van der Waals surface area contributed by atoms with Crippen LogP contribution in [0.2, 0.25) is 0 Å². The molecule has 2 nitrogen and oxygen atoms in total. The lowest BCUT2D eigenvalue weighted by Gasteiger charge is -2.38. The quantitative estimate of drug-likeness (QED) is 0.680. The highest BCUT2D eigenvalue weighted by atomic mass is 32.1. The van der Waals surface area contributed by atoms with E-state index in [0.29, 0.717) is 23.8 Å². The molecule has 0 radical (unpaired) electrons. The summed E-state index contributed by atoms with van der Waals surface area (Å²) in [5.74, 6) is 1.81. The van der Waals surface area contributed by atoms with Crippen LogP contribution in [-0.2, 0) is 5.54 Å². The maximum Gasteiger partial charge on any atom is 0.113 e. The summed E-state index contributed by atoms with van der Waals surface area (Å²) in [4.78, 5) is 5.00. The molecule has 0 fully saturated rings. The van der Waals surface area contributed by atoms with Crippen LogP contribution in [0.4, 0.5) is 0 Å². The number of nitrogens with zero attached hydrogens (tertiary/aromatic N) is 1. The van der Waals surface area contributed by atoms with E-state index >= 15 is 0 Å². The van der Waals surface area contributed by atoms with Crippen molar-refractivity contribution in [2.24, 2.45) is 11.8 Å². The third-order valence-corrected chi connectivity index (χ3v) is 4.67. The SMILES string of the molecule is CC(C)CC(CC(C)C)(NC(C)C)c1nc(C(C)C)cs1. The Morgan fingerprint density at radius 2 is 1.52 bits per heavy atom. The number of hydrogen-bond acceptors (Lipinski definition) is 3. The molecule has 1 N–H and O–H groups in total. The zero-order valence-corrected chi connectivity index (χ0v) is 16.0. The van der Waals surface area contributed by atoms with E-state index in [-0.39, 0.29) is 5.54 Å². The van der Waals surface area contributed by atoms with Gasteiger partial charge < -0.3 is 5.32 Å². The van der Waals surface area contributed by atoms with Gasteiger partial charge in [0.2, 0.25) is 0 Å². The Hall–Kier alpha value is -0.410. The molecule has 122 valence electrons. The highest BCUT2D eigenvalue weighted by Crippen LogP contribution is 2.38. The van der Waals surface area contributed by atoms with Gasteiger partial charge in [-0.25, -0.2) is 4.98 Å². The molecule has 0 amide bonds. The van der Waals surface area contributed by atoms with Gasteiger partial charge in [0.1, 0.15) is 5.01 Å². The van der Waals surface area contributed by atoms with Gasteiger partial charge in [-0.05, 0) is 44.4 Å². The Morgan fingerprint density at radius 3 is 1.86 bits per heavy atom. The molecule has 0 aliphatic heterocycles. The summed E-state index contributed by atoms with van der Waals surface area (Å²) in [5, 5.41) is 7.40. The number of aromatic nitrogens is 1. The summed E-state index contributed by atoms with van der Waals surface area (Å²) >= 11 is 1.84. The van der Waals surface area contributed by atoms with Crippen molar-refractivity contribution in [1.29, 1.82) is 0 Å². The van der Waals surface area contributed by atoms with Crippen LogP contribution in [0.25, 0.3) is 0 Å². The van der Waals surface area contributed by atoms with Gasteiger partial charge in [0.05, 0.1) is 11.2 Å². The Balaban J connectivity index is 3.22. The van der Waals surface area contributed by atoms with Gasteiger partial charge in [0, 0.05) is 11.4 Å². The van der Waals surface area contributed by atoms with E-state index in [9.17, 15) is 0 Å². The van der Waals surface area contributed by atoms with Gasteiger partial charge in [0.25, 0.3) is 0 Å². The van der Waals surface area contributed by atoms with E-state index in [4.69, 9.17) is 4.98 Å². The summed E-state index contributed by atoms with van der Waals surface area (Å²) in [5.41, 5.74) is 1.26. The summed E-state index contributed by atoms with van der Waals surface area (Å²) < 4.78 is 0. The second-order valence-electron chi connectivity index (χ2n) is 7.81. The fraction of sp³-hybridized carbons (Fsp3) is 0.833. The largest absolute Gasteiger partial charge is 0.303 e. The Labute approximate surface area is 135 Å². The van der Waals surface area contributed by atoms with Gasteiger partial charge in [-0.3, -0.25) is 0 Å². The second-order valence-corrected chi connectivity index (χ2v) is 8.67. The molecule has 0 aliphatic carbocycles. The normalized spacial score (nSPS) is 13.1. The average Bonchev–Trinajstić information content (AvgIpc) is 2.74. The van der Waals surface area contributed by atoms with Crippen molar-refractivity contribution in [2.45, 2.75) is 85.7 Å². The van der Waals surface area contributed by atoms with Crippen molar-refractivity contribution < 1.29 is 0 Å². The summed E-state index contributed by atoms with van der Waals surface area (Å²) in [6.45, 7) is 18.2. The summed E-state index contributed by atoms with van der Waals surface area (Å²) in [6, 6.07) is 0.467. The van der Waals surface area contributed by atoms with Crippen molar-refractivity contribution in [3.05, 3.63) is 16.1 Å². The van der Waals surface area contributed by atoms with Gasteiger partial charge in [-0.1, -0.05) is 41.5 Å². The van der Waals surface area contributed by atoms with Crippen LogP contribution in [0, 0.1) is 11.8 Å². The van der Waals surface area contributed by atoms with Crippen LogP contribution in [0.1, 0.15) is 84.9 Å². The molecular weight excluding hydrogens is 276 g/mol. The predicted octanol–water partition coefficient (Wildman–Crippen LogP) is 5.55. The predicted molar refractivity (Wildman–Crippen MR) is 95.1 cm³/mol. The van der Waals surface area contributed by atoms with Crippen LogP contribution in [0.15, 0.2) is 5.38 Å². The van der Waals surface area contributed by atoms with Gasteiger partial charge >= 0.3 is 0 Å². The first-order valence-electron chi connectivity index (χ1n) is 8.40. The molecule has 1 aromatic heterocycles. The Morgan fingerprint density at radius 1 is 1.00 bits per heavy atom. The molecule has 0 aromatic carbocycles. The van der Waals surface area contributed by atoms with Crippen LogP contribution in [0.5, 0.6) is 0 Å². The maximum atomic E-state index is 5.00. The molecule has 0 spiro atoms. The zero-order valence-electron chi connectivity index (χ0n) is 15.2. The molecule has 1 rings (SSSR count). The number of hydrogen-bond donors (Lipinski definition) is 1. The highest BCUT2D eigenvalue weighted by Gasteiger charge is 2.37. The van der Waals surface area contributed by atoms with Crippen molar-refractivity contribution in [1.82, 2.24) is 10.3 Å². The van der Waals surface area contributed by atoms with E-state index in [0.717, 1.165) is 12.8 Å². The second kappa shape index (κ2) is 7.73. The first kappa shape index (κ1) is 18.6.